The second kappa shape index (κ2) is 8.58. The molecule has 0 aliphatic heterocycles. The molecular formula is C25H24N6O3. The van der Waals surface area contributed by atoms with Gasteiger partial charge in [0.15, 0.2) is 5.82 Å². The van der Waals surface area contributed by atoms with Gasteiger partial charge in [0, 0.05) is 17.5 Å². The summed E-state index contributed by atoms with van der Waals surface area (Å²) in [5.41, 5.74) is 4.35. The van der Waals surface area contributed by atoms with Crippen LogP contribution in [0.3, 0.4) is 0 Å². The van der Waals surface area contributed by atoms with Crippen LogP contribution in [0.2, 0.25) is 0 Å². The van der Waals surface area contributed by atoms with Crippen LogP contribution >= 0.6 is 0 Å². The van der Waals surface area contributed by atoms with Crippen molar-refractivity contribution in [2.75, 3.05) is 5.32 Å². The van der Waals surface area contributed by atoms with E-state index in [0.717, 1.165) is 22.0 Å². The average molecular weight is 457 g/mol. The van der Waals surface area contributed by atoms with Crippen LogP contribution in [0.15, 0.2) is 58.1 Å². The molecule has 0 aliphatic rings. The minimum Gasteiger partial charge on any atom is -0.337 e. The number of aryl methyl sites for hydroxylation is 3. The van der Waals surface area contributed by atoms with Crippen LogP contribution in [0, 0.1) is 13.8 Å². The normalized spacial score (nSPS) is 11.4. The van der Waals surface area contributed by atoms with Gasteiger partial charge < -0.3 is 14.4 Å². The Labute approximate surface area is 195 Å². The molecule has 0 fully saturated rings. The number of benzene rings is 2. The monoisotopic (exact) mass is 456 g/mol. The standard InChI is InChI=1S/C25H24N6O3/c1-4-20-28-22(34-29-20)13-30-14-26-23-18-7-5-6-8-19(18)31(24(23)25(30)33)12-21(32)27-17-10-9-15(2)16(3)11-17/h5-11,14H,4,12-13H2,1-3H3,(H,27,32). The molecule has 1 N–H and O–H groups in total. The van der Waals surface area contributed by atoms with Crippen LogP contribution < -0.4 is 10.9 Å². The second-order valence-electron chi connectivity index (χ2n) is 8.28. The van der Waals surface area contributed by atoms with Crippen molar-refractivity contribution >= 4 is 33.5 Å². The molecule has 0 saturated carbocycles. The van der Waals surface area contributed by atoms with E-state index in [-0.39, 0.29) is 24.6 Å². The molecule has 0 aliphatic carbocycles. The number of fused-ring (bicyclic) bond motifs is 3. The van der Waals surface area contributed by atoms with Crippen LogP contribution in [0.4, 0.5) is 5.69 Å². The summed E-state index contributed by atoms with van der Waals surface area (Å²) in [4.78, 5) is 35.3. The molecule has 5 rings (SSSR count). The van der Waals surface area contributed by atoms with Gasteiger partial charge in [0.05, 0.1) is 11.8 Å². The zero-order chi connectivity index (χ0) is 23.8. The van der Waals surface area contributed by atoms with Crippen molar-refractivity contribution in [3.8, 4) is 0 Å². The minimum atomic E-state index is -0.281. The van der Waals surface area contributed by atoms with Gasteiger partial charge in [-0.1, -0.05) is 36.3 Å². The fourth-order valence-electron chi connectivity index (χ4n) is 4.03. The van der Waals surface area contributed by atoms with Gasteiger partial charge in [-0.05, 0) is 43.2 Å². The number of anilines is 1. The SMILES string of the molecule is CCc1noc(Cn2cnc3c4ccccc4n(CC(=O)Nc4ccc(C)c(C)c4)c3c2=O)n1. The van der Waals surface area contributed by atoms with Crippen LogP contribution in [0.1, 0.15) is 29.8 Å². The molecule has 0 atom stereocenters. The van der Waals surface area contributed by atoms with Gasteiger partial charge in [-0.15, -0.1) is 0 Å². The molecule has 0 unspecified atom stereocenters. The number of carbonyl (C=O) groups excluding carboxylic acids is 1. The Morgan fingerprint density at radius 1 is 1.12 bits per heavy atom. The van der Waals surface area contributed by atoms with E-state index in [9.17, 15) is 9.59 Å². The largest absolute Gasteiger partial charge is 0.337 e. The molecule has 5 aromatic rings. The number of hydrogen-bond acceptors (Lipinski definition) is 6. The quantitative estimate of drug-likeness (QED) is 0.418. The molecule has 34 heavy (non-hydrogen) atoms. The Bertz CT molecular complexity index is 1590. The van der Waals surface area contributed by atoms with Crippen LogP contribution in [0.25, 0.3) is 21.9 Å². The molecule has 172 valence electrons. The number of hydrogen-bond donors (Lipinski definition) is 1. The van der Waals surface area contributed by atoms with Gasteiger partial charge in [0.2, 0.25) is 11.8 Å². The van der Waals surface area contributed by atoms with Crippen molar-refractivity contribution < 1.29 is 9.32 Å². The Morgan fingerprint density at radius 3 is 2.71 bits per heavy atom. The number of aromatic nitrogens is 5. The first-order valence-electron chi connectivity index (χ1n) is 11.1. The lowest BCUT2D eigenvalue weighted by Gasteiger charge is -2.10. The van der Waals surface area contributed by atoms with Gasteiger partial charge in [0.25, 0.3) is 5.56 Å². The summed E-state index contributed by atoms with van der Waals surface area (Å²) in [6, 6.07) is 13.3. The summed E-state index contributed by atoms with van der Waals surface area (Å²) in [6.45, 7) is 6.02. The highest BCUT2D eigenvalue weighted by Crippen LogP contribution is 2.25. The fraction of sp³-hybridized carbons (Fsp3) is 0.240. The van der Waals surface area contributed by atoms with E-state index in [2.05, 4.69) is 20.4 Å². The highest BCUT2D eigenvalue weighted by atomic mass is 16.5. The maximum atomic E-state index is 13.5. The van der Waals surface area contributed by atoms with Gasteiger partial charge in [-0.25, -0.2) is 4.98 Å². The van der Waals surface area contributed by atoms with E-state index in [1.165, 1.54) is 10.9 Å². The molecule has 0 bridgehead atoms. The van der Waals surface area contributed by atoms with Gasteiger partial charge in [-0.3, -0.25) is 14.2 Å². The van der Waals surface area contributed by atoms with Crippen molar-refractivity contribution in [2.24, 2.45) is 0 Å². The first kappa shape index (κ1) is 21.6. The van der Waals surface area contributed by atoms with E-state index in [4.69, 9.17) is 4.52 Å². The summed E-state index contributed by atoms with van der Waals surface area (Å²) in [7, 11) is 0. The number of nitrogens with zero attached hydrogens (tertiary/aromatic N) is 5. The van der Waals surface area contributed by atoms with E-state index in [0.29, 0.717) is 34.9 Å². The van der Waals surface area contributed by atoms with Crippen molar-refractivity contribution in [3.63, 3.8) is 0 Å². The predicted molar refractivity (Wildman–Crippen MR) is 129 cm³/mol. The summed E-state index contributed by atoms with van der Waals surface area (Å²) >= 11 is 0. The van der Waals surface area contributed by atoms with E-state index in [1.54, 1.807) is 4.57 Å². The summed E-state index contributed by atoms with van der Waals surface area (Å²) in [5, 5.41) is 7.64. The first-order valence-corrected chi connectivity index (χ1v) is 11.1. The lowest BCUT2D eigenvalue weighted by atomic mass is 10.1. The van der Waals surface area contributed by atoms with E-state index < -0.39 is 0 Å². The molecule has 3 heterocycles. The Balaban J connectivity index is 1.55. The Kier molecular flexibility index (Phi) is 5.45. The highest BCUT2D eigenvalue weighted by molar-refractivity contribution is 6.06. The number of rotatable bonds is 6. The molecule has 0 saturated heterocycles. The zero-order valence-corrected chi connectivity index (χ0v) is 19.2. The number of amides is 1. The molecular weight excluding hydrogens is 432 g/mol. The molecule has 9 heteroatoms. The predicted octanol–water partition coefficient (Wildman–Crippen LogP) is 3.60. The first-order chi connectivity index (χ1) is 16.4. The van der Waals surface area contributed by atoms with Crippen molar-refractivity contribution in [2.45, 2.75) is 40.3 Å². The maximum absolute atomic E-state index is 13.5. The van der Waals surface area contributed by atoms with Gasteiger partial charge in [-0.2, -0.15) is 4.98 Å². The summed E-state index contributed by atoms with van der Waals surface area (Å²) < 4.78 is 8.39. The second-order valence-corrected chi connectivity index (χ2v) is 8.28. The molecule has 1 amide bonds. The third kappa shape index (κ3) is 3.85. The fourth-order valence-corrected chi connectivity index (χ4v) is 4.03. The average Bonchev–Trinajstić information content (AvgIpc) is 3.41. The topological polar surface area (TPSA) is 108 Å². The zero-order valence-electron chi connectivity index (χ0n) is 19.2. The molecule has 0 radical (unpaired) electrons. The highest BCUT2D eigenvalue weighted by Gasteiger charge is 2.19. The number of para-hydroxylation sites is 1. The van der Waals surface area contributed by atoms with Crippen molar-refractivity contribution in [1.82, 2.24) is 24.3 Å². The Morgan fingerprint density at radius 2 is 1.94 bits per heavy atom. The van der Waals surface area contributed by atoms with Crippen LogP contribution in [-0.2, 0) is 24.3 Å². The smallest absolute Gasteiger partial charge is 0.278 e. The summed E-state index contributed by atoms with van der Waals surface area (Å²) in [6.07, 6.45) is 2.12. The van der Waals surface area contributed by atoms with E-state index >= 15 is 0 Å². The number of nitrogens with one attached hydrogen (secondary N) is 1. The van der Waals surface area contributed by atoms with Gasteiger partial charge >= 0.3 is 0 Å². The molecule has 0 spiro atoms. The maximum Gasteiger partial charge on any atom is 0.278 e. The molecule has 3 aromatic heterocycles. The van der Waals surface area contributed by atoms with Crippen LogP contribution in [0.5, 0.6) is 0 Å². The third-order valence-electron chi connectivity index (χ3n) is 5.96. The van der Waals surface area contributed by atoms with Gasteiger partial charge in [0.1, 0.15) is 24.1 Å². The minimum absolute atomic E-state index is 0.0294. The third-order valence-corrected chi connectivity index (χ3v) is 5.96. The number of carbonyl (C=O) groups is 1. The van der Waals surface area contributed by atoms with Crippen LogP contribution in [-0.4, -0.2) is 30.2 Å². The van der Waals surface area contributed by atoms with E-state index in [1.807, 2.05) is 63.2 Å². The summed E-state index contributed by atoms with van der Waals surface area (Å²) in [5.74, 6) is 0.676. The Hall–Kier alpha value is -4.27. The van der Waals surface area contributed by atoms with Crippen molar-refractivity contribution in [3.05, 3.63) is 82.0 Å². The lowest BCUT2D eigenvalue weighted by Crippen LogP contribution is -2.25. The molecule has 2 aromatic carbocycles. The van der Waals surface area contributed by atoms with Crippen molar-refractivity contribution in [1.29, 1.82) is 0 Å². The lowest BCUT2D eigenvalue weighted by molar-refractivity contribution is -0.116. The molecule has 9 nitrogen and oxygen atoms in total.